The van der Waals surface area contributed by atoms with Gasteiger partial charge in [-0.1, -0.05) is 5.16 Å². The first kappa shape index (κ1) is 16.1. The van der Waals surface area contributed by atoms with Crippen LogP contribution < -0.4 is 5.32 Å². The van der Waals surface area contributed by atoms with Crippen LogP contribution in [0, 0.1) is 12.0 Å². The third-order valence-corrected chi connectivity index (χ3v) is 3.75. The van der Waals surface area contributed by atoms with Gasteiger partial charge in [-0.15, -0.1) is 0 Å². The zero-order valence-electron chi connectivity index (χ0n) is 13.8. The van der Waals surface area contributed by atoms with Crippen LogP contribution in [0.2, 0.25) is 0 Å². The highest BCUT2D eigenvalue weighted by Crippen LogP contribution is 2.22. The standard InChI is InChI=1S/C18H20N4O2/c1-13(23)18-20-9-10-22(18)12-16-11-17(24-21-16)15-5-3-14(4-6-15)7-8-19-2/h3-6,11,13,19,23H,9-10,12H2,1-2H3. The lowest BCUT2D eigenvalue weighted by molar-refractivity contribution is 0.240. The van der Waals surface area contributed by atoms with Crippen molar-refractivity contribution in [2.45, 2.75) is 19.6 Å². The van der Waals surface area contributed by atoms with Crippen LogP contribution in [-0.4, -0.2) is 47.2 Å². The Balaban J connectivity index is 1.70. The maximum absolute atomic E-state index is 9.74. The molecule has 2 heterocycles. The second-order valence-electron chi connectivity index (χ2n) is 5.60. The molecule has 1 aliphatic rings. The van der Waals surface area contributed by atoms with Crippen molar-refractivity contribution in [3.63, 3.8) is 0 Å². The van der Waals surface area contributed by atoms with E-state index in [1.165, 1.54) is 0 Å². The molecule has 0 bridgehead atoms. The third-order valence-electron chi connectivity index (χ3n) is 3.75. The molecule has 0 fully saturated rings. The van der Waals surface area contributed by atoms with Gasteiger partial charge in [0.05, 0.1) is 13.1 Å². The largest absolute Gasteiger partial charge is 0.385 e. The number of aliphatic imine (C=N–C) groups is 1. The van der Waals surface area contributed by atoms with Gasteiger partial charge in [0.2, 0.25) is 0 Å². The van der Waals surface area contributed by atoms with Crippen molar-refractivity contribution >= 4 is 5.84 Å². The lowest BCUT2D eigenvalue weighted by Crippen LogP contribution is -2.34. The first-order chi connectivity index (χ1) is 11.7. The Labute approximate surface area is 141 Å². The molecule has 24 heavy (non-hydrogen) atoms. The second kappa shape index (κ2) is 7.20. The summed E-state index contributed by atoms with van der Waals surface area (Å²) in [6.07, 6.45) is -0.565. The molecule has 1 atom stereocenters. The van der Waals surface area contributed by atoms with Crippen LogP contribution >= 0.6 is 0 Å². The molecule has 0 amide bonds. The Morgan fingerprint density at radius 3 is 2.88 bits per heavy atom. The lowest BCUT2D eigenvalue weighted by Gasteiger charge is -2.20. The summed E-state index contributed by atoms with van der Waals surface area (Å²) in [4.78, 5) is 6.36. The molecule has 6 heteroatoms. The summed E-state index contributed by atoms with van der Waals surface area (Å²) >= 11 is 0. The Morgan fingerprint density at radius 1 is 1.38 bits per heavy atom. The summed E-state index contributed by atoms with van der Waals surface area (Å²) < 4.78 is 5.45. The molecule has 0 radical (unpaired) electrons. The molecule has 1 aliphatic heterocycles. The fourth-order valence-electron chi connectivity index (χ4n) is 2.63. The van der Waals surface area contributed by atoms with Crippen LogP contribution in [0.3, 0.4) is 0 Å². The highest BCUT2D eigenvalue weighted by molar-refractivity contribution is 5.87. The normalized spacial score (nSPS) is 14.8. The van der Waals surface area contributed by atoms with Gasteiger partial charge >= 0.3 is 0 Å². The van der Waals surface area contributed by atoms with Crippen LogP contribution in [0.5, 0.6) is 0 Å². The van der Waals surface area contributed by atoms with E-state index in [0.29, 0.717) is 24.7 Å². The van der Waals surface area contributed by atoms with Crippen LogP contribution in [-0.2, 0) is 6.54 Å². The fourth-order valence-corrected chi connectivity index (χ4v) is 2.63. The van der Waals surface area contributed by atoms with E-state index >= 15 is 0 Å². The SMILES string of the molecule is CNC#Cc1ccc(-c2cc(CN3CCN=C3C(C)O)no2)cc1. The second-order valence-corrected chi connectivity index (χ2v) is 5.60. The Bertz CT molecular complexity index is 781. The Hall–Kier alpha value is -2.78. The number of benzene rings is 1. The van der Waals surface area contributed by atoms with E-state index in [2.05, 4.69) is 27.4 Å². The van der Waals surface area contributed by atoms with Gasteiger partial charge in [-0.25, -0.2) is 0 Å². The van der Waals surface area contributed by atoms with Gasteiger partial charge < -0.3 is 19.8 Å². The predicted octanol–water partition coefficient (Wildman–Crippen LogP) is 1.46. The molecule has 0 saturated carbocycles. The molecule has 0 saturated heterocycles. The van der Waals surface area contributed by atoms with Crippen molar-refractivity contribution in [2.75, 3.05) is 20.1 Å². The zero-order chi connectivity index (χ0) is 16.9. The van der Waals surface area contributed by atoms with E-state index in [1.54, 1.807) is 14.0 Å². The molecule has 6 nitrogen and oxygen atoms in total. The number of rotatable bonds is 4. The van der Waals surface area contributed by atoms with Gasteiger partial charge in [0.1, 0.15) is 17.6 Å². The summed E-state index contributed by atoms with van der Waals surface area (Å²) in [6, 6.07) is 12.5. The van der Waals surface area contributed by atoms with E-state index in [4.69, 9.17) is 4.52 Å². The quantitative estimate of drug-likeness (QED) is 0.658. The average Bonchev–Trinajstić information content (AvgIpc) is 3.23. The minimum Gasteiger partial charge on any atom is -0.385 e. The monoisotopic (exact) mass is 324 g/mol. The topological polar surface area (TPSA) is 73.9 Å². The van der Waals surface area contributed by atoms with Gasteiger partial charge in [0, 0.05) is 36.8 Å². The van der Waals surface area contributed by atoms with E-state index in [0.717, 1.165) is 23.4 Å². The predicted molar refractivity (Wildman–Crippen MR) is 92.3 cm³/mol. The number of hydrogen-bond donors (Lipinski definition) is 2. The van der Waals surface area contributed by atoms with Crippen LogP contribution in [0.15, 0.2) is 39.8 Å². The molecule has 124 valence electrons. The molecule has 0 spiro atoms. The molecule has 1 aromatic carbocycles. The molecule has 2 aromatic rings. The van der Waals surface area contributed by atoms with E-state index in [-0.39, 0.29) is 0 Å². The molecular weight excluding hydrogens is 304 g/mol. The smallest absolute Gasteiger partial charge is 0.167 e. The van der Waals surface area contributed by atoms with Crippen LogP contribution in [0.1, 0.15) is 18.2 Å². The first-order valence-corrected chi connectivity index (χ1v) is 7.88. The number of aromatic nitrogens is 1. The molecule has 1 unspecified atom stereocenters. The summed E-state index contributed by atoms with van der Waals surface area (Å²) in [5.74, 6) is 4.42. The molecule has 2 N–H and O–H groups in total. The van der Waals surface area contributed by atoms with E-state index < -0.39 is 6.10 Å². The van der Waals surface area contributed by atoms with E-state index in [9.17, 15) is 5.11 Å². The van der Waals surface area contributed by atoms with Crippen molar-refractivity contribution in [3.05, 3.63) is 41.6 Å². The highest BCUT2D eigenvalue weighted by atomic mass is 16.5. The number of nitrogens with one attached hydrogen (secondary N) is 1. The Morgan fingerprint density at radius 2 is 2.17 bits per heavy atom. The highest BCUT2D eigenvalue weighted by Gasteiger charge is 2.22. The number of hydrogen-bond acceptors (Lipinski definition) is 6. The van der Waals surface area contributed by atoms with Gasteiger partial charge in [0.25, 0.3) is 0 Å². The minimum absolute atomic E-state index is 0.565. The van der Waals surface area contributed by atoms with Crippen molar-refractivity contribution in [1.82, 2.24) is 15.4 Å². The fraction of sp³-hybridized carbons (Fsp3) is 0.333. The third kappa shape index (κ3) is 3.58. The minimum atomic E-state index is -0.565. The van der Waals surface area contributed by atoms with Gasteiger partial charge in [0.15, 0.2) is 5.76 Å². The van der Waals surface area contributed by atoms with Gasteiger partial charge in [-0.05, 0) is 37.1 Å². The van der Waals surface area contributed by atoms with Crippen molar-refractivity contribution in [1.29, 1.82) is 0 Å². The molecular formula is C18H20N4O2. The van der Waals surface area contributed by atoms with E-state index in [1.807, 2.05) is 35.2 Å². The molecule has 1 aromatic heterocycles. The summed E-state index contributed by atoms with van der Waals surface area (Å²) in [6.45, 7) is 3.81. The number of aliphatic hydroxyl groups excluding tert-OH is 1. The van der Waals surface area contributed by atoms with Crippen molar-refractivity contribution in [2.24, 2.45) is 4.99 Å². The van der Waals surface area contributed by atoms with Gasteiger partial charge in [-0.3, -0.25) is 4.99 Å². The average molecular weight is 324 g/mol. The first-order valence-electron chi connectivity index (χ1n) is 7.88. The molecule has 3 rings (SSSR count). The zero-order valence-corrected chi connectivity index (χ0v) is 13.8. The number of nitrogens with zero attached hydrogens (tertiary/aromatic N) is 3. The summed E-state index contributed by atoms with van der Waals surface area (Å²) in [5, 5.41) is 16.7. The summed E-state index contributed by atoms with van der Waals surface area (Å²) in [7, 11) is 1.78. The van der Waals surface area contributed by atoms with Crippen molar-refractivity contribution < 1.29 is 9.63 Å². The maximum atomic E-state index is 9.74. The maximum Gasteiger partial charge on any atom is 0.167 e. The van der Waals surface area contributed by atoms with Crippen LogP contribution in [0.25, 0.3) is 11.3 Å². The Kier molecular flexibility index (Phi) is 4.82. The van der Waals surface area contributed by atoms with Gasteiger partial charge in [-0.2, -0.15) is 0 Å². The van der Waals surface area contributed by atoms with Crippen molar-refractivity contribution in [3.8, 4) is 23.3 Å². The molecule has 0 aliphatic carbocycles. The number of amidine groups is 1. The van der Waals surface area contributed by atoms with Crippen LogP contribution in [0.4, 0.5) is 0 Å². The lowest BCUT2D eigenvalue weighted by atomic mass is 10.1. The summed E-state index contributed by atoms with van der Waals surface area (Å²) in [5.41, 5.74) is 2.71. The number of aliphatic hydroxyl groups is 1.